The lowest BCUT2D eigenvalue weighted by atomic mass is 10.2. The molecule has 0 saturated heterocycles. The highest BCUT2D eigenvalue weighted by atomic mass is 79.9. The molecule has 4 nitrogen and oxygen atoms in total. The Hall–Kier alpha value is -1.10. The number of carbonyl (C=O) groups is 1. The van der Waals surface area contributed by atoms with Crippen LogP contribution in [0.25, 0.3) is 0 Å². The Kier molecular flexibility index (Phi) is 4.08. The Balaban J connectivity index is 2.87. The lowest BCUT2D eigenvalue weighted by molar-refractivity contribution is -0.145. The molecule has 0 amide bonds. The van der Waals surface area contributed by atoms with Crippen molar-refractivity contribution in [3.63, 3.8) is 0 Å². The second-order valence-electron chi connectivity index (χ2n) is 3.09. The number of carboxylic acid groups (broad SMARTS) is 1. The van der Waals surface area contributed by atoms with Gasteiger partial charge in [0, 0.05) is 10.7 Å². The van der Waals surface area contributed by atoms with Crippen LogP contribution >= 0.6 is 15.9 Å². The minimum Gasteiger partial charge on any atom is -0.479 e. The summed E-state index contributed by atoms with van der Waals surface area (Å²) in [5.41, 5.74) is 0.679. The third-order valence-corrected chi connectivity index (χ3v) is 2.36. The third kappa shape index (κ3) is 3.20. The molecule has 0 bridgehead atoms. The highest BCUT2D eigenvalue weighted by Crippen LogP contribution is 2.22. The first-order valence-corrected chi connectivity index (χ1v) is 5.35. The first kappa shape index (κ1) is 12.0. The van der Waals surface area contributed by atoms with E-state index >= 15 is 0 Å². The summed E-state index contributed by atoms with van der Waals surface area (Å²) in [6.07, 6.45) is 1.24. The van der Waals surface area contributed by atoms with Gasteiger partial charge in [0.2, 0.25) is 0 Å². The number of aryl methyl sites for hydroxylation is 1. The molecule has 0 aliphatic rings. The van der Waals surface area contributed by atoms with Crippen molar-refractivity contribution < 1.29 is 14.6 Å². The highest BCUT2D eigenvalue weighted by Gasteiger charge is 2.18. The first-order valence-electron chi connectivity index (χ1n) is 4.56. The smallest absolute Gasteiger partial charge is 0.344 e. The number of carboxylic acids is 1. The number of aromatic nitrogens is 1. The summed E-state index contributed by atoms with van der Waals surface area (Å²) in [6.45, 7) is 3.54. The molecule has 0 saturated carbocycles. The fourth-order valence-electron chi connectivity index (χ4n) is 1.07. The fourth-order valence-corrected chi connectivity index (χ4v) is 1.38. The van der Waals surface area contributed by atoms with Gasteiger partial charge in [-0.1, -0.05) is 6.92 Å². The number of pyridine rings is 1. The molecule has 1 N–H and O–H groups in total. The summed E-state index contributed by atoms with van der Waals surface area (Å²) in [5.74, 6) is -0.462. The molecule has 1 unspecified atom stereocenters. The van der Waals surface area contributed by atoms with Crippen molar-refractivity contribution in [2.24, 2.45) is 0 Å². The number of hydrogen-bond acceptors (Lipinski definition) is 3. The van der Waals surface area contributed by atoms with Gasteiger partial charge in [-0.25, -0.2) is 4.79 Å². The van der Waals surface area contributed by atoms with Crippen LogP contribution in [-0.2, 0) is 4.79 Å². The molecule has 82 valence electrons. The maximum Gasteiger partial charge on any atom is 0.344 e. The van der Waals surface area contributed by atoms with E-state index in [0.29, 0.717) is 17.9 Å². The van der Waals surface area contributed by atoms with Crippen LogP contribution < -0.4 is 4.74 Å². The Morgan fingerprint density at radius 1 is 1.73 bits per heavy atom. The molecule has 0 fully saturated rings. The first-order chi connectivity index (χ1) is 7.04. The maximum atomic E-state index is 10.8. The van der Waals surface area contributed by atoms with Crippen LogP contribution in [0.4, 0.5) is 0 Å². The quantitative estimate of drug-likeness (QED) is 0.915. The second-order valence-corrected chi connectivity index (χ2v) is 4.01. The van der Waals surface area contributed by atoms with E-state index in [0.717, 1.165) is 4.47 Å². The second kappa shape index (κ2) is 5.11. The van der Waals surface area contributed by atoms with Crippen LogP contribution in [0.5, 0.6) is 5.75 Å². The predicted octanol–water partition coefficient (Wildman–Crippen LogP) is 2.39. The highest BCUT2D eigenvalue weighted by molar-refractivity contribution is 9.10. The molecule has 1 aromatic rings. The molecule has 15 heavy (non-hydrogen) atoms. The predicted molar refractivity (Wildman–Crippen MR) is 59.0 cm³/mol. The van der Waals surface area contributed by atoms with Crippen molar-refractivity contribution in [1.82, 2.24) is 4.98 Å². The summed E-state index contributed by atoms with van der Waals surface area (Å²) in [6, 6.07) is 1.72. The molecule has 1 aromatic heterocycles. The number of hydrogen-bond donors (Lipinski definition) is 1. The van der Waals surface area contributed by atoms with E-state index in [1.54, 1.807) is 26.1 Å². The van der Waals surface area contributed by atoms with E-state index in [9.17, 15) is 4.79 Å². The lowest BCUT2D eigenvalue weighted by Gasteiger charge is -2.14. The van der Waals surface area contributed by atoms with Crippen LogP contribution in [0.1, 0.15) is 19.0 Å². The standard InChI is InChI=1S/C10H12BrNO3/c1-3-8(10(13)14)15-9-4-7(11)5-12-6(9)2/h4-5,8H,3H2,1-2H3,(H,13,14). The van der Waals surface area contributed by atoms with Gasteiger partial charge in [0.1, 0.15) is 5.75 Å². The molecule has 0 aliphatic heterocycles. The summed E-state index contributed by atoms with van der Waals surface area (Å²) in [5, 5.41) is 8.84. The van der Waals surface area contributed by atoms with E-state index in [2.05, 4.69) is 20.9 Å². The molecule has 1 rings (SSSR count). The normalized spacial score (nSPS) is 12.2. The molecule has 1 atom stereocenters. The molecule has 0 radical (unpaired) electrons. The number of aliphatic carboxylic acids is 1. The van der Waals surface area contributed by atoms with Crippen LogP contribution in [0.15, 0.2) is 16.7 Å². The van der Waals surface area contributed by atoms with Gasteiger partial charge in [-0.2, -0.15) is 0 Å². The van der Waals surface area contributed by atoms with E-state index < -0.39 is 12.1 Å². The van der Waals surface area contributed by atoms with E-state index in [1.165, 1.54) is 0 Å². The molecule has 5 heteroatoms. The van der Waals surface area contributed by atoms with Crippen LogP contribution in [0, 0.1) is 6.92 Å². The number of halogens is 1. The molecular weight excluding hydrogens is 262 g/mol. The lowest BCUT2D eigenvalue weighted by Crippen LogP contribution is -2.26. The van der Waals surface area contributed by atoms with Crippen molar-refractivity contribution >= 4 is 21.9 Å². The Morgan fingerprint density at radius 3 is 2.93 bits per heavy atom. The zero-order chi connectivity index (χ0) is 11.4. The molecule has 0 aliphatic carbocycles. The van der Waals surface area contributed by atoms with Crippen molar-refractivity contribution in [3.05, 3.63) is 22.4 Å². The van der Waals surface area contributed by atoms with Crippen LogP contribution in [0.2, 0.25) is 0 Å². The van der Waals surface area contributed by atoms with Gasteiger partial charge in [-0.15, -0.1) is 0 Å². The Morgan fingerprint density at radius 2 is 2.40 bits per heavy atom. The molecule has 1 heterocycles. The van der Waals surface area contributed by atoms with Crippen molar-refractivity contribution in [2.45, 2.75) is 26.4 Å². The maximum absolute atomic E-state index is 10.8. The fraction of sp³-hybridized carbons (Fsp3) is 0.400. The Bertz CT molecular complexity index is 368. The summed E-state index contributed by atoms with van der Waals surface area (Å²) in [4.78, 5) is 14.8. The van der Waals surface area contributed by atoms with Gasteiger partial charge >= 0.3 is 5.97 Å². The van der Waals surface area contributed by atoms with Gasteiger partial charge in [0.05, 0.1) is 5.69 Å². The van der Waals surface area contributed by atoms with Crippen LogP contribution in [-0.4, -0.2) is 22.2 Å². The Labute approximate surface area is 96.4 Å². The minimum atomic E-state index is -0.961. The molecule has 0 spiro atoms. The average molecular weight is 274 g/mol. The van der Waals surface area contributed by atoms with Gasteiger partial charge in [0.15, 0.2) is 6.10 Å². The van der Waals surface area contributed by atoms with Crippen molar-refractivity contribution in [3.8, 4) is 5.75 Å². The SMILES string of the molecule is CCC(Oc1cc(Br)cnc1C)C(=O)O. The monoisotopic (exact) mass is 273 g/mol. The van der Waals surface area contributed by atoms with E-state index in [1.807, 2.05) is 0 Å². The van der Waals surface area contributed by atoms with Crippen LogP contribution in [0.3, 0.4) is 0 Å². The summed E-state index contributed by atoms with van der Waals surface area (Å²) < 4.78 is 6.11. The minimum absolute atomic E-state index is 0.418. The van der Waals surface area contributed by atoms with Crippen molar-refractivity contribution in [1.29, 1.82) is 0 Å². The molecular formula is C10H12BrNO3. The number of nitrogens with zero attached hydrogens (tertiary/aromatic N) is 1. The summed E-state index contributed by atoms with van der Waals surface area (Å²) >= 11 is 3.26. The van der Waals surface area contributed by atoms with Gasteiger partial charge in [0.25, 0.3) is 0 Å². The average Bonchev–Trinajstić information content (AvgIpc) is 2.18. The number of ether oxygens (including phenoxy) is 1. The zero-order valence-electron chi connectivity index (χ0n) is 8.53. The molecule has 0 aromatic carbocycles. The zero-order valence-corrected chi connectivity index (χ0v) is 10.1. The summed E-state index contributed by atoms with van der Waals surface area (Å²) in [7, 11) is 0. The third-order valence-electron chi connectivity index (χ3n) is 1.92. The van der Waals surface area contributed by atoms with E-state index in [-0.39, 0.29) is 0 Å². The number of rotatable bonds is 4. The van der Waals surface area contributed by atoms with Gasteiger partial charge < -0.3 is 9.84 Å². The topological polar surface area (TPSA) is 59.4 Å². The van der Waals surface area contributed by atoms with Gasteiger partial charge in [-0.05, 0) is 35.3 Å². The largest absolute Gasteiger partial charge is 0.479 e. The van der Waals surface area contributed by atoms with Crippen molar-refractivity contribution in [2.75, 3.05) is 0 Å². The van der Waals surface area contributed by atoms with E-state index in [4.69, 9.17) is 9.84 Å². The van der Waals surface area contributed by atoms with Gasteiger partial charge in [-0.3, -0.25) is 4.98 Å².